The molecule has 1 aromatic heterocycles. The normalized spacial score (nSPS) is 13.0. The van der Waals surface area contributed by atoms with Crippen molar-refractivity contribution >= 4 is 18.3 Å². The zero-order chi connectivity index (χ0) is 15.2. The molecule has 22 heavy (non-hydrogen) atoms. The van der Waals surface area contributed by atoms with E-state index in [0.717, 1.165) is 5.56 Å². The quantitative estimate of drug-likeness (QED) is 0.851. The fourth-order valence-corrected chi connectivity index (χ4v) is 1.93. The van der Waals surface area contributed by atoms with Crippen molar-refractivity contribution in [3.05, 3.63) is 36.2 Å². The maximum atomic E-state index is 12.0. The minimum atomic E-state index is -0.294. The van der Waals surface area contributed by atoms with Gasteiger partial charge in [0.15, 0.2) is 5.82 Å². The summed E-state index contributed by atoms with van der Waals surface area (Å²) in [6.07, 6.45) is 0. The van der Waals surface area contributed by atoms with Crippen LogP contribution in [0.15, 0.2) is 34.9 Å². The molecule has 0 aliphatic rings. The van der Waals surface area contributed by atoms with Crippen molar-refractivity contribution in [2.24, 2.45) is 5.92 Å². The zero-order valence-corrected chi connectivity index (χ0v) is 13.7. The Balaban J connectivity index is 0.00000242. The van der Waals surface area contributed by atoms with E-state index < -0.39 is 0 Å². The maximum absolute atomic E-state index is 12.0. The molecule has 7 heteroatoms. The topological polar surface area (TPSA) is 80.0 Å². The first-order valence-corrected chi connectivity index (χ1v) is 6.95. The standard InChI is InChI=1S/C15H20N4O2.ClH/c1-10(9-16-3)14(20)17-11(2)13-18-15(21-19-13)12-7-5-4-6-8-12;/h4-8,10-11,16H,9H2,1-3H3,(H,17,20);1H. The number of hydrogen-bond acceptors (Lipinski definition) is 5. The summed E-state index contributed by atoms with van der Waals surface area (Å²) >= 11 is 0. The number of nitrogens with one attached hydrogen (secondary N) is 2. The highest BCUT2D eigenvalue weighted by Gasteiger charge is 2.19. The summed E-state index contributed by atoms with van der Waals surface area (Å²) in [4.78, 5) is 16.3. The van der Waals surface area contributed by atoms with E-state index >= 15 is 0 Å². The zero-order valence-electron chi connectivity index (χ0n) is 12.9. The van der Waals surface area contributed by atoms with Crippen LogP contribution in [0.2, 0.25) is 0 Å². The van der Waals surface area contributed by atoms with E-state index in [1.54, 1.807) is 0 Å². The van der Waals surface area contributed by atoms with Crippen molar-refractivity contribution < 1.29 is 9.32 Å². The van der Waals surface area contributed by atoms with Gasteiger partial charge in [0.05, 0.1) is 6.04 Å². The van der Waals surface area contributed by atoms with Crippen LogP contribution in [0.5, 0.6) is 0 Å². The molecule has 0 saturated carbocycles. The average molecular weight is 325 g/mol. The maximum Gasteiger partial charge on any atom is 0.257 e. The predicted octanol–water partition coefficient (Wildman–Crippen LogP) is 2.19. The first-order chi connectivity index (χ1) is 10.1. The molecule has 6 nitrogen and oxygen atoms in total. The molecule has 0 aliphatic heterocycles. The Bertz CT molecular complexity index is 588. The Morgan fingerprint density at radius 3 is 2.59 bits per heavy atom. The molecular weight excluding hydrogens is 304 g/mol. The van der Waals surface area contributed by atoms with Gasteiger partial charge < -0.3 is 15.2 Å². The lowest BCUT2D eigenvalue weighted by atomic mass is 10.1. The summed E-state index contributed by atoms with van der Waals surface area (Å²) < 4.78 is 5.24. The molecule has 0 spiro atoms. The summed E-state index contributed by atoms with van der Waals surface area (Å²) in [6.45, 7) is 4.33. The minimum absolute atomic E-state index is 0. The molecule has 1 heterocycles. The van der Waals surface area contributed by atoms with Gasteiger partial charge in [-0.1, -0.05) is 30.3 Å². The van der Waals surface area contributed by atoms with Crippen LogP contribution in [0.3, 0.4) is 0 Å². The van der Waals surface area contributed by atoms with Crippen LogP contribution in [0, 0.1) is 5.92 Å². The van der Waals surface area contributed by atoms with Crippen LogP contribution < -0.4 is 10.6 Å². The number of benzene rings is 1. The van der Waals surface area contributed by atoms with Gasteiger partial charge in [0.2, 0.25) is 5.91 Å². The summed E-state index contributed by atoms with van der Waals surface area (Å²) in [7, 11) is 1.82. The summed E-state index contributed by atoms with van der Waals surface area (Å²) in [5, 5.41) is 9.79. The van der Waals surface area contributed by atoms with E-state index in [1.807, 2.05) is 51.2 Å². The molecule has 2 aromatic rings. The molecule has 2 atom stereocenters. The Labute approximate surface area is 136 Å². The summed E-state index contributed by atoms with van der Waals surface area (Å²) in [6, 6.07) is 9.24. The van der Waals surface area contributed by atoms with Crippen LogP contribution in [0.4, 0.5) is 0 Å². The molecule has 2 N–H and O–H groups in total. The van der Waals surface area contributed by atoms with Crippen LogP contribution >= 0.6 is 12.4 Å². The Morgan fingerprint density at radius 2 is 1.95 bits per heavy atom. The van der Waals surface area contributed by atoms with Gasteiger partial charge in [-0.2, -0.15) is 4.98 Å². The third kappa shape index (κ3) is 4.54. The van der Waals surface area contributed by atoms with E-state index in [-0.39, 0.29) is 30.3 Å². The number of rotatable bonds is 6. The van der Waals surface area contributed by atoms with Crippen molar-refractivity contribution in [3.63, 3.8) is 0 Å². The second kappa shape index (κ2) is 8.51. The van der Waals surface area contributed by atoms with Gasteiger partial charge >= 0.3 is 0 Å². The minimum Gasteiger partial charge on any atom is -0.346 e. The molecule has 0 aliphatic carbocycles. The first-order valence-electron chi connectivity index (χ1n) is 6.95. The van der Waals surface area contributed by atoms with E-state index in [2.05, 4.69) is 20.8 Å². The highest BCUT2D eigenvalue weighted by atomic mass is 35.5. The smallest absolute Gasteiger partial charge is 0.257 e. The van der Waals surface area contributed by atoms with Crippen molar-refractivity contribution in [1.29, 1.82) is 0 Å². The van der Waals surface area contributed by atoms with Gasteiger partial charge in [-0.05, 0) is 26.1 Å². The van der Waals surface area contributed by atoms with Crippen LogP contribution in [-0.2, 0) is 4.79 Å². The molecule has 2 rings (SSSR count). The molecule has 2 unspecified atom stereocenters. The van der Waals surface area contributed by atoms with E-state index in [9.17, 15) is 4.79 Å². The number of nitrogens with zero attached hydrogens (tertiary/aromatic N) is 2. The number of aromatic nitrogens is 2. The lowest BCUT2D eigenvalue weighted by molar-refractivity contribution is -0.125. The molecule has 0 bridgehead atoms. The number of halogens is 1. The van der Waals surface area contributed by atoms with Crippen molar-refractivity contribution in [2.75, 3.05) is 13.6 Å². The Morgan fingerprint density at radius 1 is 1.27 bits per heavy atom. The number of carbonyl (C=O) groups is 1. The molecule has 1 aromatic carbocycles. The lowest BCUT2D eigenvalue weighted by Crippen LogP contribution is -2.36. The monoisotopic (exact) mass is 324 g/mol. The second-order valence-electron chi connectivity index (χ2n) is 5.01. The SMILES string of the molecule is CNCC(C)C(=O)NC(C)c1noc(-c2ccccc2)n1.Cl. The van der Waals surface area contributed by atoms with Gasteiger partial charge in [0.1, 0.15) is 0 Å². The Hall–Kier alpha value is -1.92. The molecule has 0 fully saturated rings. The summed E-state index contributed by atoms with van der Waals surface area (Å²) in [5.41, 5.74) is 0.860. The predicted molar refractivity (Wildman–Crippen MR) is 86.6 cm³/mol. The van der Waals surface area contributed by atoms with E-state index in [1.165, 1.54) is 0 Å². The van der Waals surface area contributed by atoms with E-state index in [0.29, 0.717) is 18.3 Å². The number of hydrogen-bond donors (Lipinski definition) is 2. The highest BCUT2D eigenvalue weighted by Crippen LogP contribution is 2.18. The molecule has 1 amide bonds. The van der Waals surface area contributed by atoms with Crippen LogP contribution in [-0.4, -0.2) is 29.6 Å². The molecule has 0 radical (unpaired) electrons. The van der Waals surface area contributed by atoms with Gasteiger partial charge in [-0.15, -0.1) is 12.4 Å². The number of amides is 1. The van der Waals surface area contributed by atoms with Crippen molar-refractivity contribution in [1.82, 2.24) is 20.8 Å². The highest BCUT2D eigenvalue weighted by molar-refractivity contribution is 5.85. The first kappa shape index (κ1) is 18.1. The van der Waals surface area contributed by atoms with Gasteiger partial charge in [-0.3, -0.25) is 4.79 Å². The van der Waals surface area contributed by atoms with Gasteiger partial charge in [-0.25, -0.2) is 0 Å². The van der Waals surface area contributed by atoms with Gasteiger partial charge in [0, 0.05) is 18.0 Å². The Kier molecular flexibility index (Phi) is 7.01. The largest absolute Gasteiger partial charge is 0.346 e. The summed E-state index contributed by atoms with van der Waals surface area (Å²) in [5.74, 6) is 0.773. The van der Waals surface area contributed by atoms with Crippen molar-refractivity contribution in [2.45, 2.75) is 19.9 Å². The lowest BCUT2D eigenvalue weighted by Gasteiger charge is -2.14. The number of carbonyl (C=O) groups excluding carboxylic acids is 1. The van der Waals surface area contributed by atoms with Crippen LogP contribution in [0.25, 0.3) is 11.5 Å². The van der Waals surface area contributed by atoms with Crippen LogP contribution in [0.1, 0.15) is 25.7 Å². The fourth-order valence-electron chi connectivity index (χ4n) is 1.93. The molecule has 120 valence electrons. The fraction of sp³-hybridized carbons (Fsp3) is 0.400. The molecular formula is C15H21ClN4O2. The van der Waals surface area contributed by atoms with Gasteiger partial charge in [0.25, 0.3) is 5.89 Å². The third-order valence-electron chi connectivity index (χ3n) is 3.17. The van der Waals surface area contributed by atoms with E-state index in [4.69, 9.17) is 4.52 Å². The average Bonchev–Trinajstić information content (AvgIpc) is 2.98. The third-order valence-corrected chi connectivity index (χ3v) is 3.17. The second-order valence-corrected chi connectivity index (χ2v) is 5.01. The molecule has 0 saturated heterocycles. The van der Waals surface area contributed by atoms with Crippen molar-refractivity contribution in [3.8, 4) is 11.5 Å².